The molecule has 0 aliphatic heterocycles. The van der Waals surface area contributed by atoms with E-state index >= 15 is 0 Å². The average Bonchev–Trinajstić information content (AvgIpc) is 2.85. The normalized spacial score (nSPS) is 20.1. The van der Waals surface area contributed by atoms with Crippen molar-refractivity contribution in [2.75, 3.05) is 0 Å². The van der Waals surface area contributed by atoms with E-state index in [1.165, 1.54) is 12.4 Å². The summed E-state index contributed by atoms with van der Waals surface area (Å²) in [5, 5.41) is 12.4. The molecule has 1 aliphatic carbocycles. The number of alkyl halides is 6. The summed E-state index contributed by atoms with van der Waals surface area (Å²) >= 11 is 0. The van der Waals surface area contributed by atoms with Crippen LogP contribution in [-0.2, 0) is 31.4 Å². The van der Waals surface area contributed by atoms with Crippen LogP contribution in [0.15, 0.2) is 78.0 Å². The molecule has 0 atom stereocenters. The van der Waals surface area contributed by atoms with Crippen molar-refractivity contribution in [1.82, 2.24) is 10.3 Å². The Balaban J connectivity index is 1.68. The number of pyridine rings is 1. The van der Waals surface area contributed by atoms with Gasteiger partial charge in [0.15, 0.2) is 9.84 Å². The number of amides is 1. The Kier molecular flexibility index (Phi) is 7.47. The highest BCUT2D eigenvalue weighted by molar-refractivity contribution is 7.92. The van der Waals surface area contributed by atoms with Gasteiger partial charge in [0.25, 0.3) is 5.60 Å². The summed E-state index contributed by atoms with van der Waals surface area (Å²) in [6.07, 6.45) is -9.87. The monoisotopic (exact) mass is 590 g/mol. The van der Waals surface area contributed by atoms with Crippen LogP contribution in [0.3, 0.4) is 0 Å². The molecular formula is C26H21F7N2O4S. The Labute approximate surface area is 223 Å². The fourth-order valence-corrected chi connectivity index (χ4v) is 6.99. The van der Waals surface area contributed by atoms with E-state index < -0.39 is 55.9 Å². The minimum atomic E-state index is -6.12. The predicted octanol–water partition coefficient (Wildman–Crippen LogP) is 4.72. The van der Waals surface area contributed by atoms with Crippen LogP contribution < -0.4 is 5.32 Å². The van der Waals surface area contributed by atoms with Gasteiger partial charge >= 0.3 is 12.4 Å². The molecule has 1 saturated carbocycles. The number of hydrogen-bond acceptors (Lipinski definition) is 5. The topological polar surface area (TPSA) is 96.4 Å². The van der Waals surface area contributed by atoms with Gasteiger partial charge in [-0.3, -0.25) is 9.78 Å². The molecule has 1 amide bonds. The lowest BCUT2D eigenvalue weighted by molar-refractivity contribution is -0.376. The molecule has 2 N–H and O–H groups in total. The zero-order chi connectivity index (χ0) is 29.6. The van der Waals surface area contributed by atoms with Gasteiger partial charge in [-0.1, -0.05) is 30.3 Å². The second-order valence-corrected chi connectivity index (χ2v) is 11.7. The van der Waals surface area contributed by atoms with Gasteiger partial charge in [0, 0.05) is 24.0 Å². The first-order chi connectivity index (χ1) is 18.5. The van der Waals surface area contributed by atoms with E-state index in [2.05, 4.69) is 10.3 Å². The van der Waals surface area contributed by atoms with E-state index in [0.29, 0.717) is 17.7 Å². The van der Waals surface area contributed by atoms with Crippen molar-refractivity contribution >= 4 is 15.7 Å². The SMILES string of the molecule is O=C(Cc1cccnc1)NC1CC(c2ccc(C(O)(C(F)(F)F)C(F)(F)F)cc2)(S(=O)(=O)c2ccc(F)cc2)C1. The van der Waals surface area contributed by atoms with Crippen LogP contribution in [0, 0.1) is 5.82 Å². The van der Waals surface area contributed by atoms with Crippen LogP contribution in [0.2, 0.25) is 0 Å². The lowest BCUT2D eigenvalue weighted by Gasteiger charge is -2.47. The van der Waals surface area contributed by atoms with Crippen molar-refractivity contribution in [3.63, 3.8) is 0 Å². The molecule has 14 heteroatoms. The largest absolute Gasteiger partial charge is 0.430 e. The average molecular weight is 591 g/mol. The Hall–Kier alpha value is -3.52. The van der Waals surface area contributed by atoms with Crippen LogP contribution >= 0.6 is 0 Å². The van der Waals surface area contributed by atoms with Crippen molar-refractivity contribution in [1.29, 1.82) is 0 Å². The molecule has 1 heterocycles. The molecule has 1 aromatic heterocycles. The van der Waals surface area contributed by atoms with E-state index in [-0.39, 0.29) is 29.7 Å². The van der Waals surface area contributed by atoms with Crippen molar-refractivity contribution in [3.05, 3.63) is 95.6 Å². The fraction of sp³-hybridized carbons (Fsp3) is 0.308. The van der Waals surface area contributed by atoms with Crippen LogP contribution in [-0.4, -0.2) is 42.8 Å². The van der Waals surface area contributed by atoms with Gasteiger partial charge in [-0.25, -0.2) is 12.8 Å². The molecule has 0 radical (unpaired) electrons. The fourth-order valence-electron chi connectivity index (χ4n) is 4.76. The number of nitrogens with zero attached hydrogens (tertiary/aromatic N) is 1. The van der Waals surface area contributed by atoms with Gasteiger partial charge in [-0.2, -0.15) is 26.3 Å². The molecule has 2 aromatic carbocycles. The summed E-state index contributed by atoms with van der Waals surface area (Å²) in [5.74, 6) is -1.19. The number of sulfone groups is 1. The summed E-state index contributed by atoms with van der Waals surface area (Å²) in [4.78, 5) is 16.1. The Morgan fingerprint density at radius 1 is 0.950 bits per heavy atom. The third-order valence-corrected chi connectivity index (χ3v) is 9.38. The molecule has 6 nitrogen and oxygen atoms in total. The summed E-state index contributed by atoms with van der Waals surface area (Å²) < 4.78 is 119. The van der Waals surface area contributed by atoms with Crippen molar-refractivity contribution in [3.8, 4) is 0 Å². The van der Waals surface area contributed by atoms with Gasteiger partial charge < -0.3 is 10.4 Å². The second-order valence-electron chi connectivity index (χ2n) is 9.45. The molecule has 4 rings (SSSR count). The highest BCUT2D eigenvalue weighted by Gasteiger charge is 2.71. The van der Waals surface area contributed by atoms with Crippen LogP contribution in [0.4, 0.5) is 30.7 Å². The first-order valence-corrected chi connectivity index (χ1v) is 13.1. The summed E-state index contributed by atoms with van der Waals surface area (Å²) in [5.41, 5.74) is -6.32. The summed E-state index contributed by atoms with van der Waals surface area (Å²) in [6.45, 7) is 0. The highest BCUT2D eigenvalue weighted by atomic mass is 32.2. The molecule has 1 fully saturated rings. The third kappa shape index (κ3) is 5.05. The number of aliphatic hydroxyl groups is 1. The predicted molar refractivity (Wildman–Crippen MR) is 127 cm³/mol. The highest BCUT2D eigenvalue weighted by Crippen LogP contribution is 2.53. The molecule has 0 unspecified atom stereocenters. The zero-order valence-corrected chi connectivity index (χ0v) is 21.1. The van der Waals surface area contributed by atoms with Crippen LogP contribution in [0.5, 0.6) is 0 Å². The Morgan fingerprint density at radius 3 is 2.02 bits per heavy atom. The minimum Gasteiger partial charge on any atom is -0.369 e. The molecule has 3 aromatic rings. The maximum atomic E-state index is 13.7. The maximum absolute atomic E-state index is 13.7. The van der Waals surface area contributed by atoms with Crippen molar-refractivity contribution < 1.29 is 49.1 Å². The lowest BCUT2D eigenvalue weighted by atomic mass is 9.74. The van der Waals surface area contributed by atoms with Crippen molar-refractivity contribution in [2.24, 2.45) is 0 Å². The van der Waals surface area contributed by atoms with Crippen molar-refractivity contribution in [2.45, 2.75) is 52.9 Å². The van der Waals surface area contributed by atoms with Gasteiger partial charge in [-0.05, 0) is 54.3 Å². The number of aromatic nitrogens is 1. The van der Waals surface area contributed by atoms with Crippen LogP contribution in [0.25, 0.3) is 0 Å². The Morgan fingerprint density at radius 2 is 1.52 bits per heavy atom. The number of halogens is 7. The Bertz CT molecular complexity index is 1450. The van der Waals surface area contributed by atoms with E-state index in [9.17, 15) is 49.1 Å². The number of rotatable bonds is 7. The second kappa shape index (κ2) is 10.1. The first-order valence-electron chi connectivity index (χ1n) is 11.7. The number of hydrogen-bond donors (Lipinski definition) is 2. The standard InChI is InChI=1S/C26H21F7N2O4S/c27-19-7-9-21(10-8-19)40(38,39)23(13-20(14-23)35-22(36)12-16-2-1-11-34-15-16)17-3-5-18(6-4-17)24(37,25(28,29)30)26(31,32)33/h1-11,15,20,37H,12-14H2,(H,35,36). The molecule has 0 spiro atoms. The smallest absolute Gasteiger partial charge is 0.369 e. The van der Waals surface area contributed by atoms with Gasteiger partial charge in [0.1, 0.15) is 10.6 Å². The molecule has 0 bridgehead atoms. The molecule has 40 heavy (non-hydrogen) atoms. The number of carbonyl (C=O) groups is 1. The number of carbonyl (C=O) groups excluding carboxylic acids is 1. The minimum absolute atomic E-state index is 0.0653. The van der Waals surface area contributed by atoms with Crippen LogP contribution in [0.1, 0.15) is 29.5 Å². The number of nitrogens with one attached hydrogen (secondary N) is 1. The van der Waals surface area contributed by atoms with E-state index in [1.807, 2.05) is 0 Å². The van der Waals surface area contributed by atoms with E-state index in [1.54, 1.807) is 12.1 Å². The molecule has 0 saturated heterocycles. The van der Waals surface area contributed by atoms with E-state index in [0.717, 1.165) is 36.4 Å². The quantitative estimate of drug-likeness (QED) is 0.307. The lowest BCUT2D eigenvalue weighted by Crippen LogP contribution is -2.57. The number of benzene rings is 2. The first kappa shape index (κ1) is 29.5. The molecule has 214 valence electrons. The summed E-state index contributed by atoms with van der Waals surface area (Å²) in [7, 11) is -4.40. The van der Waals surface area contributed by atoms with E-state index in [4.69, 9.17) is 0 Å². The summed E-state index contributed by atoms with van der Waals surface area (Å²) in [6, 6.07) is 8.60. The molecule has 1 aliphatic rings. The van der Waals surface area contributed by atoms with Gasteiger partial charge in [0.05, 0.1) is 11.3 Å². The third-order valence-electron chi connectivity index (χ3n) is 6.89. The zero-order valence-electron chi connectivity index (χ0n) is 20.3. The maximum Gasteiger partial charge on any atom is 0.430 e. The van der Waals surface area contributed by atoms with Gasteiger partial charge in [-0.15, -0.1) is 0 Å². The molecular weight excluding hydrogens is 569 g/mol. The van der Waals surface area contributed by atoms with Gasteiger partial charge in [0.2, 0.25) is 5.91 Å².